The highest BCUT2D eigenvalue weighted by atomic mass is 16.2. The second-order valence-electron chi connectivity index (χ2n) is 5.22. The highest BCUT2D eigenvalue weighted by Gasteiger charge is 2.12. The zero-order valence-electron chi connectivity index (χ0n) is 13.1. The Morgan fingerprint density at radius 2 is 2.18 bits per heavy atom. The number of nitrogens with one attached hydrogen (secondary N) is 1. The van der Waals surface area contributed by atoms with Gasteiger partial charge in [-0.05, 0) is 24.6 Å². The molecule has 22 heavy (non-hydrogen) atoms. The normalized spacial score (nSPS) is 10.3. The van der Waals surface area contributed by atoms with Crippen LogP contribution in [0.4, 0.5) is 5.69 Å². The molecule has 5 nitrogen and oxygen atoms in total. The molecule has 0 radical (unpaired) electrons. The van der Waals surface area contributed by atoms with Gasteiger partial charge in [-0.3, -0.25) is 14.8 Å². The van der Waals surface area contributed by atoms with E-state index in [0.29, 0.717) is 12.1 Å². The predicted octanol–water partition coefficient (Wildman–Crippen LogP) is 2.96. The van der Waals surface area contributed by atoms with Gasteiger partial charge in [-0.1, -0.05) is 19.4 Å². The fourth-order valence-corrected chi connectivity index (χ4v) is 2.07. The molecule has 0 aromatic carbocycles. The molecular weight excluding hydrogens is 276 g/mol. The van der Waals surface area contributed by atoms with Crippen molar-refractivity contribution in [1.82, 2.24) is 14.9 Å². The predicted molar refractivity (Wildman–Crippen MR) is 87.7 cm³/mol. The van der Waals surface area contributed by atoms with Crippen LogP contribution in [-0.2, 0) is 6.54 Å². The second kappa shape index (κ2) is 8.12. The lowest BCUT2D eigenvalue weighted by Gasteiger charge is -2.17. The summed E-state index contributed by atoms with van der Waals surface area (Å²) in [4.78, 5) is 22.5. The molecule has 1 N–H and O–H groups in total. The van der Waals surface area contributed by atoms with Gasteiger partial charge in [-0.15, -0.1) is 0 Å². The van der Waals surface area contributed by atoms with Gasteiger partial charge >= 0.3 is 0 Å². The molecule has 0 atom stereocenters. The van der Waals surface area contributed by atoms with Crippen molar-refractivity contribution in [2.45, 2.75) is 26.3 Å². The Labute approximate surface area is 131 Å². The standard InChI is InChI=1S/C17H22N4O/c1-3-4-9-21(2)17(22)14-10-16(12-18-11-14)20-13-15-7-5-6-8-19-15/h5-8,10-12,20H,3-4,9,13H2,1-2H3. The van der Waals surface area contributed by atoms with Crippen LogP contribution in [0.5, 0.6) is 0 Å². The largest absolute Gasteiger partial charge is 0.378 e. The minimum absolute atomic E-state index is 0.00226. The molecule has 0 unspecified atom stereocenters. The van der Waals surface area contributed by atoms with Crippen molar-refractivity contribution in [1.29, 1.82) is 0 Å². The molecule has 2 heterocycles. The van der Waals surface area contributed by atoms with Crippen molar-refractivity contribution in [3.8, 4) is 0 Å². The van der Waals surface area contributed by atoms with Crippen molar-refractivity contribution in [2.24, 2.45) is 0 Å². The topological polar surface area (TPSA) is 58.1 Å². The number of unbranched alkanes of at least 4 members (excludes halogenated alkanes) is 1. The van der Waals surface area contributed by atoms with Crippen LogP contribution in [0, 0.1) is 0 Å². The molecule has 0 aliphatic heterocycles. The molecule has 0 bridgehead atoms. The van der Waals surface area contributed by atoms with Crippen molar-refractivity contribution < 1.29 is 4.79 Å². The lowest BCUT2D eigenvalue weighted by Crippen LogP contribution is -2.27. The summed E-state index contributed by atoms with van der Waals surface area (Å²) in [6.45, 7) is 3.48. The zero-order chi connectivity index (χ0) is 15.8. The summed E-state index contributed by atoms with van der Waals surface area (Å²) in [6, 6.07) is 7.62. The maximum atomic E-state index is 12.3. The maximum Gasteiger partial charge on any atom is 0.255 e. The first-order chi connectivity index (χ1) is 10.7. The zero-order valence-corrected chi connectivity index (χ0v) is 13.1. The molecule has 0 saturated heterocycles. The van der Waals surface area contributed by atoms with E-state index in [1.54, 1.807) is 23.5 Å². The Kier molecular flexibility index (Phi) is 5.89. The highest BCUT2D eigenvalue weighted by molar-refractivity contribution is 5.94. The van der Waals surface area contributed by atoms with Gasteiger partial charge in [0, 0.05) is 32.2 Å². The van der Waals surface area contributed by atoms with Crippen LogP contribution in [0.2, 0.25) is 0 Å². The highest BCUT2D eigenvalue weighted by Crippen LogP contribution is 2.12. The third-order valence-corrected chi connectivity index (χ3v) is 3.38. The third kappa shape index (κ3) is 4.55. The first-order valence-corrected chi connectivity index (χ1v) is 7.55. The quantitative estimate of drug-likeness (QED) is 0.854. The van der Waals surface area contributed by atoms with Crippen LogP contribution in [-0.4, -0.2) is 34.4 Å². The number of anilines is 1. The fraction of sp³-hybridized carbons (Fsp3) is 0.353. The van der Waals surface area contributed by atoms with Crippen molar-refractivity contribution in [3.05, 3.63) is 54.1 Å². The van der Waals surface area contributed by atoms with Gasteiger partial charge in [0.1, 0.15) is 0 Å². The third-order valence-electron chi connectivity index (χ3n) is 3.38. The van der Waals surface area contributed by atoms with Crippen molar-refractivity contribution in [2.75, 3.05) is 18.9 Å². The Morgan fingerprint density at radius 1 is 1.32 bits per heavy atom. The molecule has 1 amide bonds. The number of amides is 1. The van der Waals surface area contributed by atoms with E-state index in [9.17, 15) is 4.79 Å². The number of hydrogen-bond donors (Lipinski definition) is 1. The van der Waals surface area contributed by atoms with Crippen LogP contribution < -0.4 is 5.32 Å². The van der Waals surface area contributed by atoms with Gasteiger partial charge in [-0.25, -0.2) is 0 Å². The van der Waals surface area contributed by atoms with Crippen LogP contribution in [0.3, 0.4) is 0 Å². The molecular formula is C17H22N4O. The van der Waals surface area contributed by atoms with Crippen LogP contribution in [0.25, 0.3) is 0 Å². The lowest BCUT2D eigenvalue weighted by atomic mass is 10.2. The lowest BCUT2D eigenvalue weighted by molar-refractivity contribution is 0.0793. The minimum atomic E-state index is 0.00226. The smallest absolute Gasteiger partial charge is 0.255 e. The minimum Gasteiger partial charge on any atom is -0.378 e. The summed E-state index contributed by atoms with van der Waals surface area (Å²) in [5.41, 5.74) is 2.37. The van der Waals surface area contributed by atoms with E-state index in [1.807, 2.05) is 31.3 Å². The second-order valence-corrected chi connectivity index (χ2v) is 5.22. The van der Waals surface area contributed by atoms with E-state index < -0.39 is 0 Å². The van der Waals surface area contributed by atoms with Crippen LogP contribution in [0.1, 0.15) is 35.8 Å². The monoisotopic (exact) mass is 298 g/mol. The van der Waals surface area contributed by atoms with Gasteiger partial charge in [0.05, 0.1) is 23.5 Å². The van der Waals surface area contributed by atoms with E-state index in [2.05, 4.69) is 22.2 Å². The van der Waals surface area contributed by atoms with Crippen molar-refractivity contribution in [3.63, 3.8) is 0 Å². The van der Waals surface area contributed by atoms with E-state index >= 15 is 0 Å². The van der Waals surface area contributed by atoms with Crippen LogP contribution in [0.15, 0.2) is 42.9 Å². The van der Waals surface area contributed by atoms with Gasteiger partial charge in [0.25, 0.3) is 5.91 Å². The summed E-state index contributed by atoms with van der Waals surface area (Å²) in [7, 11) is 1.83. The summed E-state index contributed by atoms with van der Waals surface area (Å²) < 4.78 is 0. The van der Waals surface area contributed by atoms with Gasteiger partial charge in [0.15, 0.2) is 0 Å². The average Bonchev–Trinajstić information content (AvgIpc) is 2.58. The summed E-state index contributed by atoms with van der Waals surface area (Å²) in [5.74, 6) is 0.00226. The Balaban J connectivity index is 1.98. The number of carbonyl (C=O) groups is 1. The maximum absolute atomic E-state index is 12.3. The number of hydrogen-bond acceptors (Lipinski definition) is 4. The molecule has 0 saturated carbocycles. The van der Waals surface area contributed by atoms with Gasteiger partial charge in [-0.2, -0.15) is 0 Å². The number of aromatic nitrogens is 2. The van der Waals surface area contributed by atoms with E-state index in [0.717, 1.165) is 30.8 Å². The summed E-state index contributed by atoms with van der Waals surface area (Å²) >= 11 is 0. The number of rotatable bonds is 7. The van der Waals surface area contributed by atoms with Crippen molar-refractivity contribution >= 4 is 11.6 Å². The SMILES string of the molecule is CCCCN(C)C(=O)c1cncc(NCc2ccccn2)c1. The molecule has 2 aromatic rings. The number of carbonyl (C=O) groups excluding carboxylic acids is 1. The van der Waals surface area contributed by atoms with E-state index in [4.69, 9.17) is 0 Å². The summed E-state index contributed by atoms with van der Waals surface area (Å²) in [5, 5.41) is 3.24. The van der Waals surface area contributed by atoms with Crippen LogP contribution >= 0.6 is 0 Å². The molecule has 2 aromatic heterocycles. The van der Waals surface area contributed by atoms with E-state index in [1.165, 1.54) is 0 Å². The molecule has 0 aliphatic rings. The first-order valence-electron chi connectivity index (χ1n) is 7.55. The van der Waals surface area contributed by atoms with Gasteiger partial charge < -0.3 is 10.2 Å². The Bertz CT molecular complexity index is 601. The van der Waals surface area contributed by atoms with Gasteiger partial charge in [0.2, 0.25) is 0 Å². The molecule has 5 heteroatoms. The Morgan fingerprint density at radius 3 is 2.91 bits per heavy atom. The average molecular weight is 298 g/mol. The van der Waals surface area contributed by atoms with E-state index in [-0.39, 0.29) is 5.91 Å². The molecule has 0 fully saturated rings. The number of nitrogens with zero attached hydrogens (tertiary/aromatic N) is 3. The number of pyridine rings is 2. The first kappa shape index (κ1) is 15.9. The fourth-order valence-electron chi connectivity index (χ4n) is 2.07. The molecule has 2 rings (SSSR count). The molecule has 0 aliphatic carbocycles. The summed E-state index contributed by atoms with van der Waals surface area (Å²) in [6.07, 6.45) is 7.16. The molecule has 116 valence electrons. The Hall–Kier alpha value is -2.43. The molecule has 0 spiro atoms.